The van der Waals surface area contributed by atoms with E-state index in [2.05, 4.69) is 4.98 Å². The molecule has 0 N–H and O–H groups in total. The molecule has 124 valence electrons. The highest BCUT2D eigenvalue weighted by Crippen LogP contribution is 2.25. The molecule has 1 aliphatic rings. The van der Waals surface area contributed by atoms with E-state index in [0.717, 1.165) is 30.5 Å². The number of rotatable bonds is 2. The summed E-state index contributed by atoms with van der Waals surface area (Å²) in [7, 11) is 1.76. The number of carbonyl (C=O) groups is 1. The number of carbonyl (C=O) groups excluding carboxylic acids is 1. The van der Waals surface area contributed by atoms with Crippen LogP contribution in [0.5, 0.6) is 0 Å². The SMILES string of the molecule is Cn1c(=O)n([C@H]2CCCN(C(=O)c3ccsc3)C2)c2ncccc21. The van der Waals surface area contributed by atoms with E-state index in [1.54, 1.807) is 22.4 Å². The van der Waals surface area contributed by atoms with Gasteiger partial charge in [0.25, 0.3) is 5.91 Å². The van der Waals surface area contributed by atoms with Crippen molar-refractivity contribution < 1.29 is 4.79 Å². The molecule has 3 aromatic rings. The molecule has 1 amide bonds. The Labute approximate surface area is 143 Å². The van der Waals surface area contributed by atoms with Crippen LogP contribution in [0.15, 0.2) is 40.0 Å². The standard InChI is InChI=1S/C17H18N4O2S/c1-19-14-5-2-7-18-15(14)21(17(19)23)13-4-3-8-20(10-13)16(22)12-6-9-24-11-12/h2,5-7,9,11,13H,3-4,8,10H2,1H3/t13-/m0/s1. The lowest BCUT2D eigenvalue weighted by Crippen LogP contribution is -2.42. The smallest absolute Gasteiger partial charge is 0.330 e. The van der Waals surface area contributed by atoms with Gasteiger partial charge in [-0.1, -0.05) is 0 Å². The number of nitrogens with zero attached hydrogens (tertiary/aromatic N) is 4. The molecule has 24 heavy (non-hydrogen) atoms. The lowest BCUT2D eigenvalue weighted by Gasteiger charge is -2.33. The van der Waals surface area contributed by atoms with Crippen LogP contribution in [0.25, 0.3) is 11.2 Å². The molecule has 0 aromatic carbocycles. The van der Waals surface area contributed by atoms with Gasteiger partial charge < -0.3 is 4.90 Å². The van der Waals surface area contributed by atoms with Crippen LogP contribution in [0.3, 0.4) is 0 Å². The zero-order valence-electron chi connectivity index (χ0n) is 13.4. The number of thiophene rings is 1. The van der Waals surface area contributed by atoms with Crippen molar-refractivity contribution >= 4 is 28.4 Å². The minimum Gasteiger partial charge on any atom is -0.337 e. The van der Waals surface area contributed by atoms with Crippen molar-refractivity contribution in [2.75, 3.05) is 13.1 Å². The Bertz CT molecular complexity index is 941. The molecule has 1 aliphatic heterocycles. The maximum atomic E-state index is 12.7. The monoisotopic (exact) mass is 342 g/mol. The van der Waals surface area contributed by atoms with Crippen molar-refractivity contribution in [1.82, 2.24) is 19.0 Å². The van der Waals surface area contributed by atoms with Crippen LogP contribution in [0, 0.1) is 0 Å². The van der Waals surface area contributed by atoms with Crippen LogP contribution in [0.1, 0.15) is 29.2 Å². The maximum absolute atomic E-state index is 12.7. The number of fused-ring (bicyclic) bond motifs is 1. The quantitative estimate of drug-likeness (QED) is 0.718. The second-order valence-corrected chi connectivity index (χ2v) is 6.90. The minimum absolute atomic E-state index is 0.0348. The molecular weight excluding hydrogens is 324 g/mol. The van der Waals surface area contributed by atoms with Crippen LogP contribution in [0.4, 0.5) is 0 Å². The summed E-state index contributed by atoms with van der Waals surface area (Å²) in [6.07, 6.45) is 3.47. The predicted octanol–water partition coefficient (Wildman–Crippen LogP) is 2.27. The van der Waals surface area contributed by atoms with Crippen LogP contribution >= 0.6 is 11.3 Å². The van der Waals surface area contributed by atoms with E-state index in [4.69, 9.17) is 0 Å². The van der Waals surface area contributed by atoms with E-state index in [1.165, 1.54) is 11.3 Å². The first-order valence-corrected chi connectivity index (χ1v) is 8.94. The Kier molecular flexibility index (Phi) is 3.72. The molecule has 0 bridgehead atoms. The lowest BCUT2D eigenvalue weighted by atomic mass is 10.0. The van der Waals surface area contributed by atoms with Crippen molar-refractivity contribution in [1.29, 1.82) is 0 Å². The van der Waals surface area contributed by atoms with E-state index in [1.807, 2.05) is 33.9 Å². The normalized spacial score (nSPS) is 18.2. The molecule has 0 spiro atoms. The summed E-state index contributed by atoms with van der Waals surface area (Å²) < 4.78 is 3.38. The van der Waals surface area contributed by atoms with Gasteiger partial charge in [-0.2, -0.15) is 11.3 Å². The van der Waals surface area contributed by atoms with Crippen molar-refractivity contribution in [3.05, 3.63) is 51.2 Å². The Morgan fingerprint density at radius 2 is 2.25 bits per heavy atom. The van der Waals surface area contributed by atoms with E-state index >= 15 is 0 Å². The van der Waals surface area contributed by atoms with Gasteiger partial charge in [0.05, 0.1) is 17.1 Å². The third-order valence-electron chi connectivity index (χ3n) is 4.67. The fourth-order valence-corrected chi connectivity index (χ4v) is 4.07. The zero-order valence-corrected chi connectivity index (χ0v) is 14.2. The molecule has 0 aliphatic carbocycles. The number of piperidine rings is 1. The second kappa shape index (κ2) is 5.90. The number of likely N-dealkylation sites (tertiary alicyclic amines) is 1. The highest BCUT2D eigenvalue weighted by atomic mass is 32.1. The molecule has 1 saturated heterocycles. The first-order valence-electron chi connectivity index (χ1n) is 8.00. The van der Waals surface area contributed by atoms with Crippen molar-refractivity contribution in [3.63, 3.8) is 0 Å². The number of aryl methyl sites for hydroxylation is 1. The number of amides is 1. The van der Waals surface area contributed by atoms with Gasteiger partial charge >= 0.3 is 5.69 Å². The van der Waals surface area contributed by atoms with E-state index in [0.29, 0.717) is 12.2 Å². The van der Waals surface area contributed by atoms with Crippen LogP contribution < -0.4 is 5.69 Å². The predicted molar refractivity (Wildman–Crippen MR) is 93.5 cm³/mol. The third kappa shape index (κ3) is 2.36. The van der Waals surface area contributed by atoms with Crippen LogP contribution in [0.2, 0.25) is 0 Å². The van der Waals surface area contributed by atoms with Gasteiger partial charge in [0.2, 0.25) is 0 Å². The molecule has 4 heterocycles. The van der Waals surface area contributed by atoms with Crippen LogP contribution in [-0.4, -0.2) is 38.0 Å². The van der Waals surface area contributed by atoms with Crippen molar-refractivity contribution in [2.45, 2.75) is 18.9 Å². The topological polar surface area (TPSA) is 60.1 Å². The Morgan fingerprint density at radius 3 is 3.04 bits per heavy atom. The Hall–Kier alpha value is -2.41. The highest BCUT2D eigenvalue weighted by Gasteiger charge is 2.28. The summed E-state index contributed by atoms with van der Waals surface area (Å²) in [5.41, 5.74) is 2.17. The van der Waals surface area contributed by atoms with Gasteiger partial charge in [0.1, 0.15) is 0 Å². The molecule has 6 nitrogen and oxygen atoms in total. The van der Waals surface area contributed by atoms with Gasteiger partial charge in [-0.15, -0.1) is 0 Å². The zero-order chi connectivity index (χ0) is 16.7. The van der Waals surface area contributed by atoms with E-state index in [-0.39, 0.29) is 17.6 Å². The summed E-state index contributed by atoms with van der Waals surface area (Å²) in [6, 6.07) is 5.55. The Morgan fingerprint density at radius 1 is 1.38 bits per heavy atom. The third-order valence-corrected chi connectivity index (χ3v) is 5.35. The van der Waals surface area contributed by atoms with E-state index in [9.17, 15) is 9.59 Å². The number of aromatic nitrogens is 3. The van der Waals surface area contributed by atoms with Gasteiger partial charge in [0.15, 0.2) is 5.65 Å². The molecular formula is C17H18N4O2S. The first kappa shape index (κ1) is 15.1. The molecule has 7 heteroatoms. The lowest BCUT2D eigenvalue weighted by molar-refractivity contribution is 0.0679. The van der Waals surface area contributed by atoms with Gasteiger partial charge in [0, 0.05) is 31.7 Å². The van der Waals surface area contributed by atoms with Gasteiger partial charge in [-0.05, 0) is 36.4 Å². The van der Waals surface area contributed by atoms with Crippen LogP contribution in [-0.2, 0) is 7.05 Å². The summed E-state index contributed by atoms with van der Waals surface area (Å²) in [4.78, 5) is 31.5. The minimum atomic E-state index is -0.0708. The van der Waals surface area contributed by atoms with E-state index < -0.39 is 0 Å². The summed E-state index contributed by atoms with van der Waals surface area (Å²) >= 11 is 1.52. The largest absolute Gasteiger partial charge is 0.337 e. The molecule has 4 rings (SSSR count). The molecule has 0 unspecified atom stereocenters. The van der Waals surface area contributed by atoms with Crippen molar-refractivity contribution in [3.8, 4) is 0 Å². The summed E-state index contributed by atoms with van der Waals surface area (Å²) in [5.74, 6) is 0.0437. The fraction of sp³-hybridized carbons (Fsp3) is 0.353. The number of hydrogen-bond acceptors (Lipinski definition) is 4. The summed E-state index contributed by atoms with van der Waals surface area (Å²) in [6.45, 7) is 1.28. The number of pyridine rings is 1. The highest BCUT2D eigenvalue weighted by molar-refractivity contribution is 7.08. The number of hydrogen-bond donors (Lipinski definition) is 0. The molecule has 3 aromatic heterocycles. The molecule has 0 saturated carbocycles. The molecule has 1 atom stereocenters. The maximum Gasteiger partial charge on any atom is 0.330 e. The Balaban J connectivity index is 1.69. The van der Waals surface area contributed by atoms with Gasteiger partial charge in [-0.3, -0.25) is 13.9 Å². The first-order chi connectivity index (χ1) is 11.7. The van der Waals surface area contributed by atoms with Gasteiger partial charge in [-0.25, -0.2) is 9.78 Å². The average Bonchev–Trinajstić information content (AvgIpc) is 3.23. The fourth-order valence-electron chi connectivity index (χ4n) is 3.44. The van der Waals surface area contributed by atoms with Crippen molar-refractivity contribution in [2.24, 2.45) is 7.05 Å². The number of imidazole rings is 1. The average molecular weight is 342 g/mol. The molecule has 1 fully saturated rings. The second-order valence-electron chi connectivity index (χ2n) is 6.12. The summed E-state index contributed by atoms with van der Waals surface area (Å²) in [5, 5.41) is 3.78. The molecule has 0 radical (unpaired) electrons.